The van der Waals surface area contributed by atoms with E-state index in [1.807, 2.05) is 42.5 Å². The number of hydrogen-bond donors (Lipinski definition) is 2. The van der Waals surface area contributed by atoms with E-state index in [2.05, 4.69) is 15.6 Å². The van der Waals surface area contributed by atoms with Gasteiger partial charge in [-0.2, -0.15) is 0 Å². The number of hydrogen-bond acceptors (Lipinski definition) is 5. The van der Waals surface area contributed by atoms with Crippen LogP contribution in [-0.4, -0.2) is 31.7 Å². The minimum absolute atomic E-state index is 0.270. The number of methoxy groups -OCH3 is 2. The Bertz CT molecular complexity index is 926. The Balaban J connectivity index is 1.54. The Kier molecular flexibility index (Phi) is 6.46. The number of para-hydroxylation sites is 1. The zero-order valence-electron chi connectivity index (χ0n) is 15.9. The summed E-state index contributed by atoms with van der Waals surface area (Å²) in [5.41, 5.74) is 3.00. The van der Waals surface area contributed by atoms with Gasteiger partial charge in [-0.05, 0) is 42.3 Å². The van der Waals surface area contributed by atoms with Crippen molar-refractivity contribution in [3.05, 3.63) is 78.1 Å². The molecule has 0 aliphatic rings. The van der Waals surface area contributed by atoms with E-state index in [0.717, 1.165) is 30.0 Å². The van der Waals surface area contributed by atoms with Crippen LogP contribution in [-0.2, 0) is 6.42 Å². The molecule has 3 rings (SSSR count). The Morgan fingerprint density at radius 3 is 2.57 bits per heavy atom. The number of ether oxygens (including phenoxy) is 2. The molecule has 0 saturated heterocycles. The van der Waals surface area contributed by atoms with Crippen LogP contribution in [0.2, 0.25) is 0 Å². The molecule has 6 nitrogen and oxygen atoms in total. The Morgan fingerprint density at radius 2 is 1.82 bits per heavy atom. The van der Waals surface area contributed by atoms with E-state index >= 15 is 0 Å². The van der Waals surface area contributed by atoms with Crippen LogP contribution >= 0.6 is 0 Å². The van der Waals surface area contributed by atoms with Gasteiger partial charge in [0.15, 0.2) is 0 Å². The van der Waals surface area contributed by atoms with E-state index in [1.165, 1.54) is 0 Å². The quantitative estimate of drug-likeness (QED) is 0.621. The van der Waals surface area contributed by atoms with Crippen LogP contribution in [0.1, 0.15) is 16.1 Å². The molecule has 3 aromatic rings. The Labute approximate surface area is 164 Å². The van der Waals surface area contributed by atoms with Gasteiger partial charge >= 0.3 is 0 Å². The van der Waals surface area contributed by atoms with Crippen molar-refractivity contribution >= 4 is 17.3 Å². The lowest BCUT2D eigenvalue weighted by molar-refractivity contribution is 0.102. The second-order valence-electron chi connectivity index (χ2n) is 6.11. The first kappa shape index (κ1) is 19.2. The molecule has 2 N–H and O–H groups in total. The molecule has 0 atom stereocenters. The fourth-order valence-corrected chi connectivity index (χ4v) is 2.78. The van der Waals surface area contributed by atoms with Gasteiger partial charge in [-0.3, -0.25) is 4.79 Å². The molecule has 0 saturated carbocycles. The second-order valence-corrected chi connectivity index (χ2v) is 6.11. The Morgan fingerprint density at radius 1 is 0.964 bits per heavy atom. The summed E-state index contributed by atoms with van der Waals surface area (Å²) in [6.45, 7) is 0.734. The molecule has 144 valence electrons. The van der Waals surface area contributed by atoms with Gasteiger partial charge in [-0.25, -0.2) is 4.98 Å². The van der Waals surface area contributed by atoms with E-state index in [9.17, 15) is 4.79 Å². The lowest BCUT2D eigenvalue weighted by atomic mass is 10.1. The van der Waals surface area contributed by atoms with E-state index in [-0.39, 0.29) is 5.91 Å². The number of pyridine rings is 1. The fourth-order valence-electron chi connectivity index (χ4n) is 2.78. The van der Waals surface area contributed by atoms with Crippen molar-refractivity contribution in [3.8, 4) is 11.5 Å². The van der Waals surface area contributed by atoms with Crippen LogP contribution in [0, 0.1) is 0 Å². The average molecular weight is 377 g/mol. The summed E-state index contributed by atoms with van der Waals surface area (Å²) < 4.78 is 10.5. The van der Waals surface area contributed by atoms with E-state index in [1.54, 1.807) is 38.6 Å². The van der Waals surface area contributed by atoms with E-state index in [4.69, 9.17) is 9.47 Å². The molecule has 0 radical (unpaired) electrons. The molecule has 1 aromatic heterocycles. The summed E-state index contributed by atoms with van der Waals surface area (Å²) >= 11 is 0. The van der Waals surface area contributed by atoms with Crippen molar-refractivity contribution in [2.24, 2.45) is 0 Å². The number of rotatable bonds is 8. The molecule has 0 fully saturated rings. The van der Waals surface area contributed by atoms with E-state index < -0.39 is 0 Å². The maximum atomic E-state index is 12.3. The summed E-state index contributed by atoms with van der Waals surface area (Å²) in [7, 11) is 3.26. The molecule has 2 aromatic carbocycles. The summed E-state index contributed by atoms with van der Waals surface area (Å²) in [4.78, 5) is 16.6. The third kappa shape index (κ3) is 5.01. The molecule has 0 aliphatic carbocycles. The van der Waals surface area contributed by atoms with Crippen molar-refractivity contribution in [2.75, 3.05) is 31.4 Å². The molecular weight excluding hydrogens is 354 g/mol. The van der Waals surface area contributed by atoms with Crippen molar-refractivity contribution in [1.82, 2.24) is 4.98 Å². The number of carbonyl (C=O) groups excluding carboxylic acids is 1. The number of carbonyl (C=O) groups is 1. The van der Waals surface area contributed by atoms with Gasteiger partial charge in [-0.15, -0.1) is 0 Å². The zero-order valence-corrected chi connectivity index (χ0v) is 15.9. The SMILES string of the molecule is COc1cccc(NC(=O)c2ccc(NCCc3ccccc3OC)cn2)c1. The maximum absolute atomic E-state index is 12.3. The molecule has 6 heteroatoms. The van der Waals surface area contributed by atoms with Gasteiger partial charge in [0.25, 0.3) is 5.91 Å². The highest BCUT2D eigenvalue weighted by molar-refractivity contribution is 6.03. The van der Waals surface area contributed by atoms with Crippen molar-refractivity contribution in [2.45, 2.75) is 6.42 Å². The van der Waals surface area contributed by atoms with Gasteiger partial charge in [-0.1, -0.05) is 24.3 Å². The summed E-state index contributed by atoms with van der Waals surface area (Å²) in [5, 5.41) is 6.12. The minimum atomic E-state index is -0.270. The first-order valence-electron chi connectivity index (χ1n) is 8.97. The molecule has 1 amide bonds. The predicted octanol–water partition coefficient (Wildman–Crippen LogP) is 4.01. The molecule has 0 aliphatic heterocycles. The predicted molar refractivity (Wildman–Crippen MR) is 110 cm³/mol. The summed E-state index contributed by atoms with van der Waals surface area (Å²) in [5.74, 6) is 1.29. The van der Waals surface area contributed by atoms with Gasteiger partial charge in [0.2, 0.25) is 0 Å². The maximum Gasteiger partial charge on any atom is 0.274 e. The number of benzene rings is 2. The van der Waals surface area contributed by atoms with Crippen LogP contribution in [0.15, 0.2) is 66.9 Å². The highest BCUT2D eigenvalue weighted by atomic mass is 16.5. The smallest absolute Gasteiger partial charge is 0.274 e. The first-order chi connectivity index (χ1) is 13.7. The fraction of sp³-hybridized carbons (Fsp3) is 0.182. The number of amides is 1. The number of nitrogens with one attached hydrogen (secondary N) is 2. The van der Waals surface area contributed by atoms with Gasteiger partial charge in [0.1, 0.15) is 17.2 Å². The molecule has 0 spiro atoms. The summed E-state index contributed by atoms with van der Waals surface area (Å²) in [6.07, 6.45) is 2.48. The lowest BCUT2D eigenvalue weighted by Gasteiger charge is -2.10. The van der Waals surface area contributed by atoms with Crippen molar-refractivity contribution in [1.29, 1.82) is 0 Å². The first-order valence-corrected chi connectivity index (χ1v) is 8.97. The topological polar surface area (TPSA) is 72.5 Å². The third-order valence-electron chi connectivity index (χ3n) is 4.24. The van der Waals surface area contributed by atoms with Crippen LogP contribution < -0.4 is 20.1 Å². The van der Waals surface area contributed by atoms with Gasteiger partial charge in [0.05, 0.1) is 26.1 Å². The lowest BCUT2D eigenvalue weighted by Crippen LogP contribution is -2.14. The Hall–Kier alpha value is -3.54. The molecule has 28 heavy (non-hydrogen) atoms. The van der Waals surface area contributed by atoms with E-state index in [0.29, 0.717) is 17.1 Å². The summed E-state index contributed by atoms with van der Waals surface area (Å²) in [6, 6.07) is 18.7. The second kappa shape index (κ2) is 9.41. The van der Waals surface area contributed by atoms with Gasteiger partial charge < -0.3 is 20.1 Å². The normalized spacial score (nSPS) is 10.2. The highest BCUT2D eigenvalue weighted by Crippen LogP contribution is 2.19. The third-order valence-corrected chi connectivity index (χ3v) is 4.24. The van der Waals surface area contributed by atoms with Crippen molar-refractivity contribution < 1.29 is 14.3 Å². The van der Waals surface area contributed by atoms with Crippen LogP contribution in [0.4, 0.5) is 11.4 Å². The molecule has 1 heterocycles. The largest absolute Gasteiger partial charge is 0.497 e. The number of anilines is 2. The van der Waals surface area contributed by atoms with Crippen molar-refractivity contribution in [3.63, 3.8) is 0 Å². The average Bonchev–Trinajstić information content (AvgIpc) is 2.74. The molecular formula is C22H23N3O3. The number of aromatic nitrogens is 1. The van der Waals surface area contributed by atoms with Gasteiger partial charge in [0, 0.05) is 18.3 Å². The van der Waals surface area contributed by atoms with Crippen LogP contribution in [0.25, 0.3) is 0 Å². The highest BCUT2D eigenvalue weighted by Gasteiger charge is 2.08. The van der Waals surface area contributed by atoms with Crippen LogP contribution in [0.3, 0.4) is 0 Å². The number of nitrogens with zero attached hydrogens (tertiary/aromatic N) is 1. The molecule has 0 unspecified atom stereocenters. The monoisotopic (exact) mass is 377 g/mol. The molecule has 0 bridgehead atoms. The standard InChI is InChI=1S/C22H23N3O3/c1-27-19-8-5-7-17(14-19)25-22(26)20-11-10-18(15-24-20)23-13-12-16-6-3-4-9-21(16)28-2/h3-11,14-15,23H,12-13H2,1-2H3,(H,25,26). The zero-order chi connectivity index (χ0) is 19.8. The minimum Gasteiger partial charge on any atom is -0.497 e. The van der Waals surface area contributed by atoms with Crippen LogP contribution in [0.5, 0.6) is 11.5 Å².